The number of hydrogen-bond donors (Lipinski definition) is 0. The lowest BCUT2D eigenvalue weighted by Crippen LogP contribution is -2.13. The van der Waals surface area contributed by atoms with E-state index in [9.17, 15) is 8.42 Å². The maximum atomic E-state index is 12.0. The summed E-state index contributed by atoms with van der Waals surface area (Å²) < 4.78 is 29.2. The number of aryl methyl sites for hydroxylation is 1. The van der Waals surface area contributed by atoms with Gasteiger partial charge in [-0.2, -0.15) is 8.42 Å². The standard InChI is InChI=1S/C16H26O3S/c1-4-5-6-7-8-15(3)13-19-20(17,18)16-11-9-14(2)10-12-16/h9-12,15H,4-8,13H2,1-3H3/t15-/m0/s1. The smallest absolute Gasteiger partial charge is 0.266 e. The number of benzene rings is 1. The Bertz CT molecular complexity index is 477. The maximum Gasteiger partial charge on any atom is 0.296 e. The van der Waals surface area contributed by atoms with Gasteiger partial charge in [-0.05, 0) is 31.4 Å². The van der Waals surface area contributed by atoms with Gasteiger partial charge in [-0.25, -0.2) is 0 Å². The van der Waals surface area contributed by atoms with E-state index >= 15 is 0 Å². The molecule has 0 amide bonds. The lowest BCUT2D eigenvalue weighted by molar-refractivity contribution is 0.253. The monoisotopic (exact) mass is 298 g/mol. The van der Waals surface area contributed by atoms with Crippen LogP contribution in [0, 0.1) is 12.8 Å². The van der Waals surface area contributed by atoms with E-state index in [1.54, 1.807) is 24.3 Å². The Labute approximate surface area is 123 Å². The third-order valence-electron chi connectivity index (χ3n) is 3.37. The zero-order valence-electron chi connectivity index (χ0n) is 12.8. The van der Waals surface area contributed by atoms with Gasteiger partial charge in [0, 0.05) is 0 Å². The van der Waals surface area contributed by atoms with Gasteiger partial charge < -0.3 is 0 Å². The van der Waals surface area contributed by atoms with Crippen molar-refractivity contribution in [1.82, 2.24) is 0 Å². The van der Waals surface area contributed by atoms with Gasteiger partial charge in [-0.15, -0.1) is 0 Å². The minimum atomic E-state index is -3.61. The molecule has 0 aliphatic carbocycles. The molecule has 1 aromatic rings. The van der Waals surface area contributed by atoms with E-state index in [-0.39, 0.29) is 17.4 Å². The van der Waals surface area contributed by atoms with Crippen LogP contribution in [-0.4, -0.2) is 15.0 Å². The van der Waals surface area contributed by atoms with Crippen LogP contribution < -0.4 is 0 Å². The third-order valence-corrected chi connectivity index (χ3v) is 4.66. The number of hydrogen-bond acceptors (Lipinski definition) is 3. The number of rotatable bonds is 9. The molecule has 0 spiro atoms. The first-order valence-corrected chi connectivity index (χ1v) is 8.82. The van der Waals surface area contributed by atoms with Gasteiger partial charge in [0.2, 0.25) is 0 Å². The van der Waals surface area contributed by atoms with E-state index in [1.165, 1.54) is 19.3 Å². The molecule has 1 aromatic carbocycles. The van der Waals surface area contributed by atoms with Gasteiger partial charge in [-0.3, -0.25) is 4.18 Å². The first kappa shape index (κ1) is 17.2. The van der Waals surface area contributed by atoms with Gasteiger partial charge in [0.25, 0.3) is 10.1 Å². The van der Waals surface area contributed by atoms with Crippen LogP contribution in [0.15, 0.2) is 29.2 Å². The summed E-state index contributed by atoms with van der Waals surface area (Å²) in [5.41, 5.74) is 1.04. The summed E-state index contributed by atoms with van der Waals surface area (Å²) in [4.78, 5) is 0.237. The molecule has 1 atom stereocenters. The van der Waals surface area contributed by atoms with Crippen molar-refractivity contribution in [3.05, 3.63) is 29.8 Å². The molecule has 0 heterocycles. The lowest BCUT2D eigenvalue weighted by atomic mass is 10.0. The predicted octanol–water partition coefficient (Wildman–Crippen LogP) is 4.31. The van der Waals surface area contributed by atoms with Crippen molar-refractivity contribution in [1.29, 1.82) is 0 Å². The summed E-state index contributed by atoms with van der Waals surface area (Å²) in [6, 6.07) is 6.75. The highest BCUT2D eigenvalue weighted by molar-refractivity contribution is 7.86. The summed E-state index contributed by atoms with van der Waals surface area (Å²) in [6.45, 7) is 6.41. The first-order valence-electron chi connectivity index (χ1n) is 7.42. The summed E-state index contributed by atoms with van der Waals surface area (Å²) in [5.74, 6) is 0.270. The molecule has 0 N–H and O–H groups in total. The molecule has 114 valence electrons. The molecule has 3 nitrogen and oxygen atoms in total. The van der Waals surface area contributed by atoms with E-state index in [4.69, 9.17) is 4.18 Å². The average Bonchev–Trinajstić information content (AvgIpc) is 2.42. The van der Waals surface area contributed by atoms with E-state index in [2.05, 4.69) is 6.92 Å². The van der Waals surface area contributed by atoms with Gasteiger partial charge in [0.1, 0.15) is 0 Å². The average molecular weight is 298 g/mol. The SMILES string of the molecule is CCCCCC[C@H](C)COS(=O)(=O)c1ccc(C)cc1. The highest BCUT2D eigenvalue weighted by Gasteiger charge is 2.16. The summed E-state index contributed by atoms with van der Waals surface area (Å²) in [5, 5.41) is 0. The molecular weight excluding hydrogens is 272 g/mol. The summed E-state index contributed by atoms with van der Waals surface area (Å²) in [7, 11) is -3.61. The van der Waals surface area contributed by atoms with E-state index in [0.717, 1.165) is 18.4 Å². The van der Waals surface area contributed by atoms with Crippen molar-refractivity contribution >= 4 is 10.1 Å². The van der Waals surface area contributed by atoms with Crippen LogP contribution in [0.5, 0.6) is 0 Å². The molecular formula is C16H26O3S. The van der Waals surface area contributed by atoms with E-state index in [1.807, 2.05) is 13.8 Å². The molecule has 0 aliphatic heterocycles. The molecule has 0 unspecified atom stereocenters. The molecule has 0 radical (unpaired) electrons. The Balaban J connectivity index is 2.41. The Kier molecular flexibility index (Phi) is 7.24. The Morgan fingerprint density at radius 1 is 1.10 bits per heavy atom. The Morgan fingerprint density at radius 3 is 2.35 bits per heavy atom. The quantitative estimate of drug-likeness (QED) is 0.504. The molecule has 0 aromatic heterocycles. The maximum absolute atomic E-state index is 12.0. The lowest BCUT2D eigenvalue weighted by Gasteiger charge is -2.12. The molecule has 0 aliphatic rings. The topological polar surface area (TPSA) is 43.4 Å². The van der Waals surface area contributed by atoms with Crippen molar-refractivity contribution in [2.75, 3.05) is 6.61 Å². The Hall–Kier alpha value is -0.870. The van der Waals surface area contributed by atoms with Crippen molar-refractivity contribution in [3.63, 3.8) is 0 Å². The fourth-order valence-corrected chi connectivity index (χ4v) is 3.00. The molecule has 0 fully saturated rings. The molecule has 20 heavy (non-hydrogen) atoms. The molecule has 0 saturated heterocycles. The van der Waals surface area contributed by atoms with Crippen LogP contribution in [0.1, 0.15) is 51.5 Å². The van der Waals surface area contributed by atoms with Gasteiger partial charge >= 0.3 is 0 Å². The second-order valence-electron chi connectivity index (χ2n) is 5.51. The zero-order chi connectivity index (χ0) is 15.0. The molecule has 0 saturated carbocycles. The zero-order valence-corrected chi connectivity index (χ0v) is 13.6. The van der Waals surface area contributed by atoms with Crippen LogP contribution in [0.25, 0.3) is 0 Å². The van der Waals surface area contributed by atoms with Crippen LogP contribution in [0.3, 0.4) is 0 Å². The minimum absolute atomic E-state index is 0.237. The van der Waals surface area contributed by atoms with Crippen LogP contribution in [-0.2, 0) is 14.3 Å². The van der Waals surface area contributed by atoms with E-state index in [0.29, 0.717) is 0 Å². The summed E-state index contributed by atoms with van der Waals surface area (Å²) >= 11 is 0. The first-order chi connectivity index (χ1) is 9.45. The van der Waals surface area contributed by atoms with Crippen LogP contribution in [0.2, 0.25) is 0 Å². The van der Waals surface area contributed by atoms with Gasteiger partial charge in [-0.1, -0.05) is 57.2 Å². The predicted molar refractivity (Wildman–Crippen MR) is 82.2 cm³/mol. The van der Waals surface area contributed by atoms with Crippen LogP contribution in [0.4, 0.5) is 0 Å². The van der Waals surface area contributed by atoms with Crippen molar-refractivity contribution < 1.29 is 12.6 Å². The largest absolute Gasteiger partial charge is 0.296 e. The molecule has 4 heteroatoms. The second kappa shape index (κ2) is 8.42. The van der Waals surface area contributed by atoms with Crippen LogP contribution >= 0.6 is 0 Å². The highest BCUT2D eigenvalue weighted by atomic mass is 32.2. The van der Waals surface area contributed by atoms with E-state index < -0.39 is 10.1 Å². The third kappa shape index (κ3) is 6.06. The fourth-order valence-electron chi connectivity index (χ4n) is 1.98. The van der Waals surface area contributed by atoms with Gasteiger partial charge in [0.15, 0.2) is 0 Å². The van der Waals surface area contributed by atoms with Crippen molar-refractivity contribution in [3.8, 4) is 0 Å². The van der Waals surface area contributed by atoms with Crippen molar-refractivity contribution in [2.24, 2.45) is 5.92 Å². The molecule has 1 rings (SSSR count). The highest BCUT2D eigenvalue weighted by Crippen LogP contribution is 2.16. The fraction of sp³-hybridized carbons (Fsp3) is 0.625. The second-order valence-corrected chi connectivity index (χ2v) is 7.12. The van der Waals surface area contributed by atoms with Crippen molar-refractivity contribution in [2.45, 2.75) is 57.8 Å². The minimum Gasteiger partial charge on any atom is -0.266 e. The number of unbranched alkanes of at least 4 members (excludes halogenated alkanes) is 3. The molecule has 0 bridgehead atoms. The summed E-state index contributed by atoms with van der Waals surface area (Å²) in [6.07, 6.45) is 5.83. The normalized spacial score (nSPS) is 13.3. The Morgan fingerprint density at radius 2 is 1.75 bits per heavy atom. The van der Waals surface area contributed by atoms with Gasteiger partial charge in [0.05, 0.1) is 11.5 Å².